The molecule has 0 aromatic carbocycles. The number of primary amides is 1. The Morgan fingerprint density at radius 1 is 1.20 bits per heavy atom. The van der Waals surface area contributed by atoms with Gasteiger partial charge in [-0.2, -0.15) is 0 Å². The van der Waals surface area contributed by atoms with Crippen molar-refractivity contribution < 1.29 is 9.53 Å². The van der Waals surface area contributed by atoms with Crippen LogP contribution in [0.25, 0.3) is 16.2 Å². The van der Waals surface area contributed by atoms with Crippen molar-refractivity contribution in [2.24, 2.45) is 5.73 Å². The zero-order chi connectivity index (χ0) is 17.2. The molecular formula is C18H14N4O2S. The van der Waals surface area contributed by atoms with E-state index in [0.29, 0.717) is 10.6 Å². The molecule has 4 rings (SSSR count). The summed E-state index contributed by atoms with van der Waals surface area (Å²) < 4.78 is 7.75. The van der Waals surface area contributed by atoms with Crippen molar-refractivity contribution in [3.05, 3.63) is 71.6 Å². The molecule has 0 fully saturated rings. The topological polar surface area (TPSA) is 82.5 Å². The van der Waals surface area contributed by atoms with E-state index in [4.69, 9.17) is 10.5 Å². The minimum Gasteiger partial charge on any atom is -0.486 e. The Morgan fingerprint density at radius 2 is 2.08 bits per heavy atom. The van der Waals surface area contributed by atoms with Gasteiger partial charge in [-0.05, 0) is 24.3 Å². The number of imidazole rings is 1. The van der Waals surface area contributed by atoms with Crippen LogP contribution >= 0.6 is 11.3 Å². The zero-order valence-electron chi connectivity index (χ0n) is 13.1. The Hall–Kier alpha value is -3.19. The van der Waals surface area contributed by atoms with Crippen LogP contribution in [0, 0.1) is 0 Å². The molecule has 0 saturated carbocycles. The van der Waals surface area contributed by atoms with Crippen LogP contribution in [0.2, 0.25) is 0 Å². The normalized spacial score (nSPS) is 10.9. The van der Waals surface area contributed by atoms with Crippen molar-refractivity contribution in [1.82, 2.24) is 14.4 Å². The van der Waals surface area contributed by atoms with E-state index in [2.05, 4.69) is 9.97 Å². The van der Waals surface area contributed by atoms with Crippen molar-refractivity contribution in [2.75, 3.05) is 0 Å². The summed E-state index contributed by atoms with van der Waals surface area (Å²) in [7, 11) is 0. The summed E-state index contributed by atoms with van der Waals surface area (Å²) in [6, 6.07) is 13.2. The minimum absolute atomic E-state index is 0.268. The Bertz CT molecular complexity index is 1040. The van der Waals surface area contributed by atoms with Gasteiger partial charge in [-0.3, -0.25) is 14.2 Å². The largest absolute Gasteiger partial charge is 0.486 e. The fourth-order valence-electron chi connectivity index (χ4n) is 2.53. The summed E-state index contributed by atoms with van der Waals surface area (Å²) in [6.07, 6.45) is 5.40. The Morgan fingerprint density at radius 3 is 2.88 bits per heavy atom. The van der Waals surface area contributed by atoms with Crippen molar-refractivity contribution in [3.63, 3.8) is 0 Å². The maximum atomic E-state index is 11.8. The zero-order valence-corrected chi connectivity index (χ0v) is 13.9. The van der Waals surface area contributed by atoms with Gasteiger partial charge in [-0.1, -0.05) is 12.1 Å². The Kier molecular flexibility index (Phi) is 3.91. The lowest BCUT2D eigenvalue weighted by Crippen LogP contribution is -2.10. The molecule has 0 spiro atoms. The number of amides is 1. The van der Waals surface area contributed by atoms with E-state index in [1.54, 1.807) is 12.4 Å². The lowest BCUT2D eigenvalue weighted by Gasteiger charge is -2.04. The number of ether oxygens (including phenoxy) is 1. The number of nitrogens with two attached hydrogens (primary N) is 1. The van der Waals surface area contributed by atoms with Gasteiger partial charge in [-0.25, -0.2) is 4.98 Å². The lowest BCUT2D eigenvalue weighted by molar-refractivity contribution is 0.1000. The molecule has 25 heavy (non-hydrogen) atoms. The van der Waals surface area contributed by atoms with Crippen LogP contribution in [0.15, 0.2) is 61.1 Å². The molecular weight excluding hydrogens is 336 g/mol. The molecule has 0 aliphatic carbocycles. The maximum absolute atomic E-state index is 11.8. The molecule has 0 aliphatic heterocycles. The molecule has 0 aliphatic rings. The third kappa shape index (κ3) is 2.97. The molecule has 0 saturated heterocycles. The molecule has 0 bridgehead atoms. The second-order valence-electron chi connectivity index (χ2n) is 5.35. The number of carbonyl (C=O) groups excluding carboxylic acids is 1. The number of rotatable bonds is 5. The fourth-order valence-corrected chi connectivity index (χ4v) is 3.49. The quantitative estimate of drug-likeness (QED) is 0.599. The predicted molar refractivity (Wildman–Crippen MR) is 95.6 cm³/mol. The van der Waals surface area contributed by atoms with Gasteiger partial charge in [0, 0.05) is 18.5 Å². The molecule has 124 valence electrons. The molecule has 0 atom stereocenters. The van der Waals surface area contributed by atoms with Gasteiger partial charge >= 0.3 is 0 Å². The van der Waals surface area contributed by atoms with Gasteiger partial charge in [0.15, 0.2) is 0 Å². The smallest absolute Gasteiger partial charge is 0.262 e. The van der Waals surface area contributed by atoms with Crippen LogP contribution in [-0.4, -0.2) is 20.3 Å². The molecule has 6 nitrogen and oxygen atoms in total. The van der Waals surface area contributed by atoms with Crippen molar-refractivity contribution in [3.8, 4) is 16.3 Å². The minimum atomic E-state index is -0.513. The highest BCUT2D eigenvalue weighted by molar-refractivity contribution is 7.17. The second-order valence-corrected chi connectivity index (χ2v) is 6.40. The first-order valence-corrected chi connectivity index (χ1v) is 8.43. The van der Waals surface area contributed by atoms with Crippen LogP contribution in [0.4, 0.5) is 0 Å². The monoisotopic (exact) mass is 350 g/mol. The number of fused-ring (bicyclic) bond motifs is 1. The van der Waals surface area contributed by atoms with Gasteiger partial charge in [0.1, 0.15) is 22.9 Å². The number of hydrogen-bond donors (Lipinski definition) is 1. The fraction of sp³-hybridized carbons (Fsp3) is 0.0556. The van der Waals surface area contributed by atoms with E-state index in [1.165, 1.54) is 11.3 Å². The van der Waals surface area contributed by atoms with Gasteiger partial charge in [-0.15, -0.1) is 11.3 Å². The van der Waals surface area contributed by atoms with E-state index >= 15 is 0 Å². The molecule has 4 aromatic heterocycles. The van der Waals surface area contributed by atoms with E-state index in [9.17, 15) is 4.79 Å². The predicted octanol–water partition coefficient (Wildman–Crippen LogP) is 3.14. The average molecular weight is 350 g/mol. The van der Waals surface area contributed by atoms with Gasteiger partial charge in [0.25, 0.3) is 5.91 Å². The number of hydrogen-bond acceptors (Lipinski definition) is 5. The van der Waals surface area contributed by atoms with Gasteiger partial charge in [0.2, 0.25) is 0 Å². The van der Waals surface area contributed by atoms with Crippen LogP contribution in [0.5, 0.6) is 5.75 Å². The molecule has 1 amide bonds. The van der Waals surface area contributed by atoms with Crippen molar-refractivity contribution in [1.29, 1.82) is 0 Å². The summed E-state index contributed by atoms with van der Waals surface area (Å²) in [4.78, 5) is 21.6. The molecule has 0 unspecified atom stereocenters. The SMILES string of the molecule is NC(=O)c1sc(-c2cnc3ccccn23)cc1OCc1ccccn1. The highest BCUT2D eigenvalue weighted by Crippen LogP contribution is 2.36. The lowest BCUT2D eigenvalue weighted by atomic mass is 10.3. The van der Waals surface area contributed by atoms with E-state index < -0.39 is 5.91 Å². The number of carbonyl (C=O) groups is 1. The average Bonchev–Trinajstić information content (AvgIpc) is 3.25. The van der Waals surface area contributed by atoms with Crippen molar-refractivity contribution >= 4 is 22.9 Å². The molecule has 4 aromatic rings. The summed E-state index contributed by atoms with van der Waals surface area (Å²) in [6.45, 7) is 0.268. The number of aromatic nitrogens is 3. The third-order valence-corrected chi connectivity index (χ3v) is 4.85. The molecule has 2 N–H and O–H groups in total. The summed E-state index contributed by atoms with van der Waals surface area (Å²) in [5, 5.41) is 0. The van der Waals surface area contributed by atoms with Crippen LogP contribution in [-0.2, 0) is 6.61 Å². The molecule has 0 radical (unpaired) electrons. The Balaban J connectivity index is 1.69. The van der Waals surface area contributed by atoms with Gasteiger partial charge in [0.05, 0.1) is 22.5 Å². The van der Waals surface area contributed by atoms with E-state index in [0.717, 1.165) is 21.9 Å². The summed E-state index contributed by atoms with van der Waals surface area (Å²) in [5.41, 5.74) is 8.02. The van der Waals surface area contributed by atoms with Crippen molar-refractivity contribution in [2.45, 2.75) is 6.61 Å². The number of thiophene rings is 1. The highest BCUT2D eigenvalue weighted by Gasteiger charge is 2.18. The van der Waals surface area contributed by atoms with Crippen LogP contribution in [0.3, 0.4) is 0 Å². The first kappa shape index (κ1) is 15.3. The van der Waals surface area contributed by atoms with Crippen LogP contribution in [0.1, 0.15) is 15.4 Å². The highest BCUT2D eigenvalue weighted by atomic mass is 32.1. The maximum Gasteiger partial charge on any atom is 0.262 e. The standard InChI is InChI=1S/C18H14N4O2S/c19-18(23)17-14(24-11-12-5-1-3-7-20-12)9-15(25-17)13-10-21-16-6-2-4-8-22(13)16/h1-10H,11H2,(H2,19,23). The van der Waals surface area contributed by atoms with E-state index in [-0.39, 0.29) is 6.61 Å². The second kappa shape index (κ2) is 6.37. The third-order valence-electron chi connectivity index (χ3n) is 3.69. The first-order valence-electron chi connectivity index (χ1n) is 7.61. The Labute approximate surface area is 147 Å². The van der Waals surface area contributed by atoms with E-state index in [1.807, 2.05) is 53.1 Å². The summed E-state index contributed by atoms with van der Waals surface area (Å²) >= 11 is 1.29. The molecule has 4 heterocycles. The van der Waals surface area contributed by atoms with Gasteiger partial charge < -0.3 is 10.5 Å². The molecule has 7 heteroatoms. The summed E-state index contributed by atoms with van der Waals surface area (Å²) in [5.74, 6) is -0.0508. The first-order chi connectivity index (χ1) is 12.2. The number of nitrogens with zero attached hydrogens (tertiary/aromatic N) is 3. The number of pyridine rings is 2. The van der Waals surface area contributed by atoms with Crippen LogP contribution < -0.4 is 10.5 Å².